The number of hydrogen-bond donors (Lipinski definition) is 0. The first-order valence-electron chi connectivity index (χ1n) is 11.4. The Labute approximate surface area is 212 Å². The van der Waals surface area contributed by atoms with Gasteiger partial charge in [-0.05, 0) is 35.4 Å². The Hall–Kier alpha value is -4.66. The number of ether oxygens (including phenoxy) is 5. The Balaban J connectivity index is 1.63. The molecule has 1 aliphatic heterocycles. The maximum Gasteiger partial charge on any atom is 0.340 e. The molecule has 1 aliphatic rings. The summed E-state index contributed by atoms with van der Waals surface area (Å²) in [7, 11) is 5.93. The number of hydrogen-bond acceptors (Lipinski definition) is 9. The third-order valence-corrected chi connectivity index (χ3v) is 6.35. The monoisotopic (exact) mass is 503 g/mol. The molecule has 9 heteroatoms. The first kappa shape index (κ1) is 24.1. The van der Waals surface area contributed by atoms with Crippen LogP contribution in [0.2, 0.25) is 0 Å². The minimum absolute atomic E-state index is 0.153. The lowest BCUT2D eigenvalue weighted by Crippen LogP contribution is -2.33. The van der Waals surface area contributed by atoms with Gasteiger partial charge in [-0.2, -0.15) is 0 Å². The zero-order chi connectivity index (χ0) is 26.1. The number of benzene rings is 3. The third kappa shape index (κ3) is 4.29. The molecule has 2 heterocycles. The summed E-state index contributed by atoms with van der Waals surface area (Å²) in [6, 6.07) is 15.9. The van der Waals surface area contributed by atoms with Crippen molar-refractivity contribution < 1.29 is 32.9 Å². The van der Waals surface area contributed by atoms with Crippen LogP contribution in [0, 0.1) is 0 Å². The average Bonchev–Trinajstić information content (AvgIpc) is 2.95. The predicted molar refractivity (Wildman–Crippen MR) is 137 cm³/mol. The number of anilines is 1. The van der Waals surface area contributed by atoms with E-state index in [1.807, 2.05) is 41.3 Å². The van der Waals surface area contributed by atoms with Gasteiger partial charge in [0.1, 0.15) is 17.1 Å². The molecule has 1 aromatic heterocycles. The molecule has 0 saturated carbocycles. The number of esters is 1. The lowest BCUT2D eigenvalue weighted by atomic mass is 9.99. The number of rotatable bonds is 6. The summed E-state index contributed by atoms with van der Waals surface area (Å²) < 4.78 is 32.8. The van der Waals surface area contributed by atoms with E-state index >= 15 is 0 Å². The standard InChI is InChI=1S/C28H25NO8/c1-32-17-7-5-16(6-8-17)19-12-26(30)37-27-18(19)9-10-23-21(27)14-29(15-36-23)22-13-25(34-3)24(33-2)11-20(22)28(31)35-4/h5-13H,14-15H2,1-4H3. The Morgan fingerprint density at radius 2 is 1.62 bits per heavy atom. The van der Waals surface area contributed by atoms with Crippen molar-refractivity contribution in [3.05, 3.63) is 76.1 Å². The van der Waals surface area contributed by atoms with Crippen LogP contribution in [-0.2, 0) is 11.3 Å². The molecule has 0 unspecified atom stereocenters. The maximum atomic E-state index is 12.6. The molecule has 37 heavy (non-hydrogen) atoms. The maximum absolute atomic E-state index is 12.6. The van der Waals surface area contributed by atoms with Gasteiger partial charge in [-0.1, -0.05) is 12.1 Å². The van der Waals surface area contributed by atoms with Crippen molar-refractivity contribution in [2.24, 2.45) is 0 Å². The molecular weight excluding hydrogens is 478 g/mol. The van der Waals surface area contributed by atoms with Crippen molar-refractivity contribution in [2.45, 2.75) is 6.54 Å². The van der Waals surface area contributed by atoms with Gasteiger partial charge in [-0.25, -0.2) is 9.59 Å². The molecule has 190 valence electrons. The summed E-state index contributed by atoms with van der Waals surface area (Å²) in [5.41, 5.74) is 3.01. The molecule has 0 radical (unpaired) electrons. The topological polar surface area (TPSA) is 96.7 Å². The first-order chi connectivity index (χ1) is 18.0. The van der Waals surface area contributed by atoms with Crippen LogP contribution in [0.5, 0.6) is 23.0 Å². The number of carbonyl (C=O) groups is 1. The van der Waals surface area contributed by atoms with E-state index in [0.29, 0.717) is 46.4 Å². The molecule has 0 saturated heterocycles. The zero-order valence-electron chi connectivity index (χ0n) is 20.8. The van der Waals surface area contributed by atoms with Gasteiger partial charge in [0.05, 0.1) is 51.8 Å². The van der Waals surface area contributed by atoms with E-state index < -0.39 is 11.6 Å². The lowest BCUT2D eigenvalue weighted by Gasteiger charge is -2.32. The minimum atomic E-state index is -0.534. The van der Waals surface area contributed by atoms with Crippen molar-refractivity contribution in [3.63, 3.8) is 0 Å². The van der Waals surface area contributed by atoms with E-state index in [9.17, 15) is 9.59 Å². The Bertz CT molecular complexity index is 1540. The van der Waals surface area contributed by atoms with Gasteiger partial charge in [-0.15, -0.1) is 0 Å². The summed E-state index contributed by atoms with van der Waals surface area (Å²) in [6.45, 7) is 0.460. The van der Waals surface area contributed by atoms with Crippen LogP contribution in [0.25, 0.3) is 22.1 Å². The van der Waals surface area contributed by atoms with Gasteiger partial charge in [0.2, 0.25) is 0 Å². The third-order valence-electron chi connectivity index (χ3n) is 6.35. The fourth-order valence-corrected chi connectivity index (χ4v) is 4.50. The van der Waals surface area contributed by atoms with Crippen LogP contribution in [0.3, 0.4) is 0 Å². The highest BCUT2D eigenvalue weighted by molar-refractivity contribution is 5.98. The van der Waals surface area contributed by atoms with E-state index in [1.165, 1.54) is 27.4 Å². The molecule has 4 aromatic rings. The molecule has 0 atom stereocenters. The Morgan fingerprint density at radius 3 is 2.30 bits per heavy atom. The second-order valence-corrected chi connectivity index (χ2v) is 8.31. The van der Waals surface area contributed by atoms with E-state index in [4.69, 9.17) is 28.1 Å². The molecule has 9 nitrogen and oxygen atoms in total. The van der Waals surface area contributed by atoms with Crippen LogP contribution in [0.15, 0.2) is 63.8 Å². The Kier molecular flexibility index (Phi) is 6.35. The lowest BCUT2D eigenvalue weighted by molar-refractivity contribution is 0.0600. The molecule has 0 amide bonds. The van der Waals surface area contributed by atoms with Crippen molar-refractivity contribution >= 4 is 22.6 Å². The summed E-state index contributed by atoms with van der Waals surface area (Å²) in [4.78, 5) is 27.1. The van der Waals surface area contributed by atoms with Crippen LogP contribution < -0.4 is 29.5 Å². The predicted octanol–water partition coefficient (Wildman–Crippen LogP) is 4.63. The highest BCUT2D eigenvalue weighted by Gasteiger charge is 2.28. The minimum Gasteiger partial charge on any atom is -0.497 e. The zero-order valence-corrected chi connectivity index (χ0v) is 20.8. The summed E-state index contributed by atoms with van der Waals surface area (Å²) in [5, 5.41) is 0.759. The van der Waals surface area contributed by atoms with Crippen molar-refractivity contribution in [1.29, 1.82) is 0 Å². The van der Waals surface area contributed by atoms with Gasteiger partial charge in [0.15, 0.2) is 18.2 Å². The number of nitrogens with zero attached hydrogens (tertiary/aromatic N) is 1. The molecule has 0 N–H and O–H groups in total. The summed E-state index contributed by atoms with van der Waals surface area (Å²) in [6.07, 6.45) is 0. The second kappa shape index (κ2) is 9.77. The number of methoxy groups -OCH3 is 4. The number of fused-ring (bicyclic) bond motifs is 3. The molecule has 3 aromatic carbocycles. The van der Waals surface area contributed by atoms with E-state index in [-0.39, 0.29) is 12.3 Å². The molecule has 0 bridgehead atoms. The smallest absolute Gasteiger partial charge is 0.340 e. The van der Waals surface area contributed by atoms with Crippen molar-refractivity contribution in [3.8, 4) is 34.1 Å². The molecule has 5 rings (SSSR count). The van der Waals surface area contributed by atoms with Crippen molar-refractivity contribution in [1.82, 2.24) is 0 Å². The quantitative estimate of drug-likeness (QED) is 0.276. The fourth-order valence-electron chi connectivity index (χ4n) is 4.50. The molecule has 0 fully saturated rings. The average molecular weight is 504 g/mol. The van der Waals surface area contributed by atoms with E-state index in [1.54, 1.807) is 19.2 Å². The molecule has 0 aliphatic carbocycles. The highest BCUT2D eigenvalue weighted by atomic mass is 16.5. The normalized spacial score (nSPS) is 12.5. The molecule has 0 spiro atoms. The van der Waals surface area contributed by atoms with Crippen LogP contribution >= 0.6 is 0 Å². The Morgan fingerprint density at radius 1 is 0.892 bits per heavy atom. The summed E-state index contributed by atoms with van der Waals surface area (Å²) >= 11 is 0. The first-order valence-corrected chi connectivity index (χ1v) is 11.4. The van der Waals surface area contributed by atoms with Crippen LogP contribution in [-0.4, -0.2) is 41.1 Å². The van der Waals surface area contributed by atoms with Crippen LogP contribution in [0.4, 0.5) is 5.69 Å². The van der Waals surface area contributed by atoms with E-state index in [2.05, 4.69) is 0 Å². The van der Waals surface area contributed by atoms with Gasteiger partial charge in [-0.3, -0.25) is 0 Å². The van der Waals surface area contributed by atoms with Crippen molar-refractivity contribution in [2.75, 3.05) is 40.1 Å². The largest absolute Gasteiger partial charge is 0.497 e. The van der Waals surface area contributed by atoms with Crippen LogP contribution in [0.1, 0.15) is 15.9 Å². The fraction of sp³-hybridized carbons (Fsp3) is 0.214. The van der Waals surface area contributed by atoms with E-state index in [0.717, 1.165) is 16.5 Å². The number of carbonyl (C=O) groups excluding carboxylic acids is 1. The highest BCUT2D eigenvalue weighted by Crippen LogP contribution is 2.41. The van der Waals surface area contributed by atoms with Gasteiger partial charge >= 0.3 is 11.6 Å². The van der Waals surface area contributed by atoms with Gasteiger partial charge in [0.25, 0.3) is 0 Å². The molecular formula is C28H25NO8. The van der Waals surface area contributed by atoms with Gasteiger partial charge in [0, 0.05) is 23.6 Å². The second-order valence-electron chi connectivity index (χ2n) is 8.31. The SMILES string of the molecule is COC(=O)c1cc(OC)c(OC)cc1N1COc2ccc3c(-c4ccc(OC)cc4)cc(=O)oc3c2C1. The summed E-state index contributed by atoms with van der Waals surface area (Å²) in [5.74, 6) is 1.62. The van der Waals surface area contributed by atoms with Gasteiger partial charge < -0.3 is 33.0 Å².